The van der Waals surface area contributed by atoms with Crippen LogP contribution in [0.3, 0.4) is 0 Å². The summed E-state index contributed by atoms with van der Waals surface area (Å²) in [6.07, 6.45) is 4.28. The number of ether oxygens (including phenoxy) is 2. The molecule has 0 spiro atoms. The maximum absolute atomic E-state index is 12.9. The molecular formula is C74H80N8O10. The van der Waals surface area contributed by atoms with Gasteiger partial charge < -0.3 is 29.9 Å². The van der Waals surface area contributed by atoms with E-state index in [-0.39, 0.29) is 82.3 Å². The first-order valence-corrected chi connectivity index (χ1v) is 30.6. The Morgan fingerprint density at radius 1 is 0.391 bits per heavy atom. The third-order valence-electron chi connectivity index (χ3n) is 16.1. The molecule has 0 atom stereocenters. The smallest absolute Gasteiger partial charge is 0.269 e. The van der Waals surface area contributed by atoms with Crippen LogP contribution in [0.15, 0.2) is 164 Å². The van der Waals surface area contributed by atoms with E-state index >= 15 is 0 Å². The summed E-state index contributed by atoms with van der Waals surface area (Å²) in [6.45, 7) is 26.7. The third-order valence-corrected chi connectivity index (χ3v) is 16.1. The Kier molecular flexibility index (Phi) is 19.6. The molecule has 8 aromatic carbocycles. The second-order valence-corrected chi connectivity index (χ2v) is 27.4. The molecule has 8 bridgehead atoms. The van der Waals surface area contributed by atoms with Crippen LogP contribution in [0.1, 0.15) is 161 Å². The first kappa shape index (κ1) is 66.3. The Morgan fingerprint density at radius 2 is 0.652 bits per heavy atom. The van der Waals surface area contributed by atoms with Gasteiger partial charge in [0.15, 0.2) is 0 Å². The minimum absolute atomic E-state index is 0.0143. The van der Waals surface area contributed by atoms with Crippen LogP contribution in [0.5, 0.6) is 34.5 Å². The van der Waals surface area contributed by atoms with E-state index in [1.807, 2.05) is 0 Å². The molecule has 0 amide bonds. The van der Waals surface area contributed by atoms with Crippen LogP contribution in [0.4, 0.5) is 34.1 Å². The number of aromatic hydroxyl groups is 4. The maximum atomic E-state index is 12.9. The van der Waals surface area contributed by atoms with E-state index in [1.165, 1.54) is 60.7 Å². The first-order chi connectivity index (χ1) is 43.4. The lowest BCUT2D eigenvalue weighted by atomic mass is 9.79. The predicted octanol–water partition coefficient (Wildman–Crippen LogP) is 18.0. The Labute approximate surface area is 537 Å². The third kappa shape index (κ3) is 16.4. The number of non-ortho nitro benzene ring substituents is 2. The van der Waals surface area contributed by atoms with Crippen LogP contribution in [0, 0.1) is 20.2 Å². The molecule has 0 fully saturated rings. The van der Waals surface area contributed by atoms with Crippen molar-refractivity contribution < 1.29 is 39.7 Å². The van der Waals surface area contributed by atoms with Crippen LogP contribution < -0.4 is 9.47 Å². The lowest BCUT2D eigenvalue weighted by Gasteiger charge is -2.28. The quantitative estimate of drug-likeness (QED) is 0.0234. The molecule has 1 aliphatic rings. The molecule has 9 rings (SSSR count). The molecule has 0 heterocycles. The number of phenols is 4. The minimum Gasteiger partial charge on any atom is -0.507 e. The molecule has 0 aliphatic heterocycles. The summed E-state index contributed by atoms with van der Waals surface area (Å²) >= 11 is 0. The SMILES string of the molecule is CC(C)(C)c1cc2c(O)c(c1)Cc1cc(C(C)(C)C)cc(c1OCCN=Cc1cc(N=Nc3ccc([N+](=O)[O-])cc3)ccc1O)Cc1cc(C(C)(C)C)cc(c1O)Cc1cc(C(C)(C)C)cc(c1OCCN=Cc1cc(N=Nc3ccc([N+](=O)[O-])cc3)ccc1O)C2. The lowest BCUT2D eigenvalue weighted by Crippen LogP contribution is -2.17. The van der Waals surface area contributed by atoms with Crippen molar-refractivity contribution in [2.45, 2.75) is 130 Å². The van der Waals surface area contributed by atoms with Crippen LogP contribution in [0.25, 0.3) is 0 Å². The highest BCUT2D eigenvalue weighted by atomic mass is 16.6. The second kappa shape index (κ2) is 27.2. The van der Waals surface area contributed by atoms with Gasteiger partial charge in [0.05, 0.1) is 45.7 Å². The number of aliphatic imine (C=N–C) groups is 2. The average molecular weight is 1240 g/mol. The highest BCUT2D eigenvalue weighted by molar-refractivity contribution is 5.85. The van der Waals surface area contributed by atoms with Crippen molar-refractivity contribution in [1.82, 2.24) is 0 Å². The van der Waals surface area contributed by atoms with Crippen LogP contribution in [-0.4, -0.2) is 69.0 Å². The fraction of sp³-hybridized carbons (Fsp3) is 0.324. The summed E-state index contributed by atoms with van der Waals surface area (Å²) in [5.41, 5.74) is 11.5. The summed E-state index contributed by atoms with van der Waals surface area (Å²) in [5.74, 6) is 1.52. The summed E-state index contributed by atoms with van der Waals surface area (Å²) in [6, 6.07) is 38.0. The van der Waals surface area contributed by atoms with Crippen LogP contribution >= 0.6 is 0 Å². The van der Waals surface area contributed by atoms with Gasteiger partial charge in [-0.3, -0.25) is 30.2 Å². The number of nitro groups is 2. The van der Waals surface area contributed by atoms with E-state index in [0.717, 1.165) is 44.5 Å². The topological polar surface area (TPSA) is 260 Å². The molecule has 1 aliphatic carbocycles. The Balaban J connectivity index is 1.10. The van der Waals surface area contributed by atoms with Gasteiger partial charge in [-0.2, -0.15) is 20.5 Å². The van der Waals surface area contributed by atoms with E-state index < -0.39 is 9.85 Å². The standard InChI is InChI=1S/C74H80N8O10/c1-71(2,3)55-33-45-29-49-37-57(73(7,8)9)39-51(69(49)91-27-25-75-43-53-41-61(17-23-65(53)83)79-77-59-13-19-63(20-14-59)81(87)88)31-47-35-56(72(4,5)6)36-48(68(47)86)32-52-40-58(74(10,11)12)38-50(30-46(34-55)67(45)85)70(52)92-28-26-76-44-54-42-62(18-24-66(54)84)80-78-60-15-21-64(22-16-60)82(89)90/h13-24,33-44,83-86H,25-32H2,1-12H3. The molecule has 18 heteroatoms. The molecule has 0 aromatic heterocycles. The van der Waals surface area contributed by atoms with Crippen molar-refractivity contribution in [2.24, 2.45) is 30.4 Å². The molecule has 18 nitrogen and oxygen atoms in total. The number of fused-ring (bicyclic) bond motifs is 8. The summed E-state index contributed by atoms with van der Waals surface area (Å²) in [4.78, 5) is 30.7. The first-order valence-electron chi connectivity index (χ1n) is 30.6. The van der Waals surface area contributed by atoms with Crippen molar-refractivity contribution >= 4 is 46.6 Å². The Bertz CT molecular complexity index is 3830. The van der Waals surface area contributed by atoms with Crippen molar-refractivity contribution in [3.63, 3.8) is 0 Å². The molecule has 92 heavy (non-hydrogen) atoms. The Morgan fingerprint density at radius 3 is 0.924 bits per heavy atom. The van der Waals surface area contributed by atoms with Gasteiger partial charge in [0.25, 0.3) is 11.4 Å². The van der Waals surface area contributed by atoms with Gasteiger partial charge in [-0.05, 0) is 149 Å². The highest BCUT2D eigenvalue weighted by Gasteiger charge is 2.29. The monoisotopic (exact) mass is 1240 g/mol. The van der Waals surface area contributed by atoms with Crippen molar-refractivity contribution in [3.8, 4) is 34.5 Å². The molecule has 0 saturated carbocycles. The number of nitrogens with zero attached hydrogens (tertiary/aromatic N) is 8. The average Bonchev–Trinajstić information content (AvgIpc) is 0.858. The number of nitro benzene ring substituents is 2. The van der Waals surface area contributed by atoms with Gasteiger partial charge in [0.1, 0.15) is 47.7 Å². The van der Waals surface area contributed by atoms with Gasteiger partial charge >= 0.3 is 0 Å². The molecule has 0 unspecified atom stereocenters. The molecule has 476 valence electrons. The lowest BCUT2D eigenvalue weighted by molar-refractivity contribution is -0.385. The molecule has 4 N–H and O–H groups in total. The zero-order chi connectivity index (χ0) is 66.5. The zero-order valence-electron chi connectivity index (χ0n) is 54.3. The number of hydrogen-bond acceptors (Lipinski definition) is 16. The molecule has 0 radical (unpaired) electrons. The number of hydrogen-bond donors (Lipinski definition) is 4. The highest BCUT2D eigenvalue weighted by Crippen LogP contribution is 2.44. The Hall–Kier alpha value is -10.1. The van der Waals surface area contributed by atoms with E-state index in [2.05, 4.69) is 162 Å². The zero-order valence-corrected chi connectivity index (χ0v) is 54.3. The fourth-order valence-corrected chi connectivity index (χ4v) is 10.7. The number of phenolic OH excluding ortho intramolecular Hbond substituents is 4. The summed E-state index contributed by atoms with van der Waals surface area (Å²) < 4.78 is 13.9. The van der Waals surface area contributed by atoms with E-state index in [4.69, 9.17) is 9.47 Å². The summed E-state index contributed by atoms with van der Waals surface area (Å²) in [7, 11) is 0. The molecular weight excluding hydrogens is 1160 g/mol. The van der Waals surface area contributed by atoms with E-state index in [9.17, 15) is 40.7 Å². The van der Waals surface area contributed by atoms with E-state index in [1.54, 1.807) is 36.7 Å². The van der Waals surface area contributed by atoms with Crippen molar-refractivity contribution in [2.75, 3.05) is 26.3 Å². The van der Waals surface area contributed by atoms with Gasteiger partial charge in [0.2, 0.25) is 0 Å². The van der Waals surface area contributed by atoms with Crippen LogP contribution in [-0.2, 0) is 47.3 Å². The second-order valence-electron chi connectivity index (χ2n) is 27.4. The van der Waals surface area contributed by atoms with Gasteiger partial charge in [-0.15, -0.1) is 0 Å². The van der Waals surface area contributed by atoms with Gasteiger partial charge in [-0.1, -0.05) is 132 Å². The van der Waals surface area contributed by atoms with Crippen molar-refractivity contribution in [1.29, 1.82) is 0 Å². The number of azo groups is 2. The maximum Gasteiger partial charge on any atom is 0.269 e. The molecule has 0 saturated heterocycles. The van der Waals surface area contributed by atoms with Crippen molar-refractivity contribution in [3.05, 3.63) is 232 Å². The van der Waals surface area contributed by atoms with Gasteiger partial charge in [-0.25, -0.2) is 0 Å². The number of rotatable bonds is 16. The number of benzene rings is 8. The van der Waals surface area contributed by atoms with Crippen LogP contribution in [0.2, 0.25) is 0 Å². The molecule has 8 aromatic rings. The predicted molar refractivity (Wildman–Crippen MR) is 362 cm³/mol. The fourth-order valence-electron chi connectivity index (χ4n) is 10.7. The largest absolute Gasteiger partial charge is 0.507 e. The van der Waals surface area contributed by atoms with E-state index in [0.29, 0.717) is 93.3 Å². The minimum atomic E-state index is -0.482. The van der Waals surface area contributed by atoms with Gasteiger partial charge in [0, 0.05) is 73.5 Å². The summed E-state index contributed by atoms with van der Waals surface area (Å²) in [5, 5.41) is 86.8. The normalized spacial score (nSPS) is 13.2.